The van der Waals surface area contributed by atoms with E-state index in [4.69, 9.17) is 5.11 Å². The first-order valence-corrected chi connectivity index (χ1v) is 5.03. The average Bonchev–Trinajstić information content (AvgIpc) is 2.32. The molecule has 0 fully saturated rings. The molecule has 0 bridgehead atoms. The van der Waals surface area contributed by atoms with E-state index in [0.29, 0.717) is 0 Å². The zero-order valence-electron chi connectivity index (χ0n) is 10.3. The normalized spacial score (nSPS) is 10.6. The largest absolute Gasteiger partial charge is 0.396 e. The molecule has 1 N–H and O–H groups in total. The lowest BCUT2D eigenvalue weighted by Gasteiger charge is -2.32. The summed E-state index contributed by atoms with van der Waals surface area (Å²) in [6, 6.07) is 0. The third kappa shape index (κ3) is 6.27. The van der Waals surface area contributed by atoms with E-state index in [9.17, 15) is 40.5 Å². The molecular weight excluding hydrogens is 324 g/mol. The second kappa shape index (κ2) is 8.14. The van der Waals surface area contributed by atoms with Gasteiger partial charge in [0.1, 0.15) is 0 Å². The minimum atomic E-state index is -3.31. The fourth-order valence-electron chi connectivity index (χ4n) is 1.23. The Kier molecular flexibility index (Phi) is 6.94. The summed E-state index contributed by atoms with van der Waals surface area (Å²) in [5.74, 6) is -3.31. The first kappa shape index (κ1) is 18.8. The smallest absolute Gasteiger partial charge is 0.314 e. The van der Waals surface area contributed by atoms with Gasteiger partial charge in [0.25, 0.3) is 20.3 Å². The summed E-state index contributed by atoms with van der Waals surface area (Å²) in [7, 11) is 0. The van der Waals surface area contributed by atoms with E-state index < -0.39 is 51.9 Å². The Morgan fingerprint density at radius 2 is 1.27 bits per heavy atom. The molecule has 0 saturated heterocycles. The van der Waals surface area contributed by atoms with Gasteiger partial charge in [0.15, 0.2) is 0 Å². The third-order valence-electron chi connectivity index (χ3n) is 1.86. The lowest BCUT2D eigenvalue weighted by molar-refractivity contribution is -0.921. The second-order valence-corrected chi connectivity index (χ2v) is 3.26. The van der Waals surface area contributed by atoms with Crippen molar-refractivity contribution in [1.29, 1.82) is 0 Å². The molecule has 17 heteroatoms. The van der Waals surface area contributed by atoms with E-state index in [1.165, 1.54) is 0 Å². The van der Waals surface area contributed by atoms with Gasteiger partial charge in [-0.15, -0.1) is 40.5 Å². The maximum absolute atomic E-state index is 10.4. The average molecular weight is 332 g/mol. The van der Waals surface area contributed by atoms with Gasteiger partial charge in [-0.1, -0.05) is 0 Å². The molecule has 0 unspecified atom stereocenters. The predicted molar refractivity (Wildman–Crippen MR) is 55.2 cm³/mol. The van der Waals surface area contributed by atoms with Crippen LogP contribution in [0, 0.1) is 40.5 Å². The highest BCUT2D eigenvalue weighted by Gasteiger charge is 2.52. The Morgan fingerprint density at radius 1 is 0.864 bits per heavy atom. The van der Waals surface area contributed by atoms with Crippen LogP contribution in [0.4, 0.5) is 0 Å². The monoisotopic (exact) mass is 332 g/mol. The Bertz CT molecular complexity index is 406. The van der Waals surface area contributed by atoms with Gasteiger partial charge < -0.3 is 5.11 Å². The van der Waals surface area contributed by atoms with E-state index in [1.54, 1.807) is 0 Å². The molecule has 0 aliphatic heterocycles. The van der Waals surface area contributed by atoms with E-state index in [-0.39, 0.29) is 0 Å². The number of hydrogen-bond donors (Lipinski definition) is 1. The molecule has 0 aliphatic carbocycles. The van der Waals surface area contributed by atoms with Crippen molar-refractivity contribution in [3.8, 4) is 0 Å². The number of hydrogen-bond acceptors (Lipinski definition) is 13. The molecule has 0 aromatic rings. The molecule has 0 heterocycles. The summed E-state index contributed by atoms with van der Waals surface area (Å²) < 4.78 is 0. The van der Waals surface area contributed by atoms with Gasteiger partial charge in [-0.25, -0.2) is 0 Å². The Labute approximate surface area is 118 Å². The van der Waals surface area contributed by atoms with Crippen LogP contribution in [0.15, 0.2) is 0 Å². The van der Waals surface area contributed by atoms with Gasteiger partial charge in [-0.05, 0) is 6.42 Å². The first-order chi connectivity index (χ1) is 10.1. The maximum Gasteiger partial charge on any atom is 0.314 e. The van der Waals surface area contributed by atoms with E-state index in [2.05, 4.69) is 19.4 Å². The van der Waals surface area contributed by atoms with Crippen molar-refractivity contribution in [2.75, 3.05) is 6.61 Å². The molecule has 22 heavy (non-hydrogen) atoms. The molecule has 0 amide bonds. The predicted octanol–water partition coefficient (Wildman–Crippen LogP) is -1.39. The molecule has 126 valence electrons. The van der Waals surface area contributed by atoms with E-state index in [0.717, 1.165) is 0 Å². The van der Waals surface area contributed by atoms with Crippen molar-refractivity contribution in [3.63, 3.8) is 0 Å². The molecule has 0 spiro atoms. The van der Waals surface area contributed by atoms with Crippen molar-refractivity contribution in [2.24, 2.45) is 0 Å². The SMILES string of the molecule is O=[N+]([O-])OC(O[N+](=O)[O-])C(CCCO)(O[N+](=O)[O-])O[N+](=O)[O-]. The minimum absolute atomic E-state index is 0.500. The second-order valence-electron chi connectivity index (χ2n) is 3.26. The molecular formula is C5H8N4O13. The first-order valence-electron chi connectivity index (χ1n) is 5.03. The van der Waals surface area contributed by atoms with Crippen LogP contribution < -0.4 is 0 Å². The number of rotatable bonds is 12. The lowest BCUT2D eigenvalue weighted by Crippen LogP contribution is -2.54. The molecule has 0 rings (SSSR count). The summed E-state index contributed by atoms with van der Waals surface area (Å²) in [6.07, 6.45) is -4.42. The Hall–Kier alpha value is -3.24. The Balaban J connectivity index is 5.72. The van der Waals surface area contributed by atoms with Gasteiger partial charge in [0.2, 0.25) is 0 Å². The highest BCUT2D eigenvalue weighted by Crippen LogP contribution is 2.28. The molecule has 0 aliphatic rings. The molecule has 17 nitrogen and oxygen atoms in total. The molecule has 0 saturated carbocycles. The van der Waals surface area contributed by atoms with Crippen LogP contribution in [0.1, 0.15) is 12.8 Å². The summed E-state index contributed by atoms with van der Waals surface area (Å²) >= 11 is 0. The van der Waals surface area contributed by atoms with Gasteiger partial charge in [0.05, 0.1) is 0 Å². The number of aliphatic hydroxyl groups is 1. The highest BCUT2D eigenvalue weighted by atomic mass is 17.1. The van der Waals surface area contributed by atoms with Crippen LogP contribution in [0.2, 0.25) is 0 Å². The van der Waals surface area contributed by atoms with Crippen LogP contribution in [0.3, 0.4) is 0 Å². The van der Waals surface area contributed by atoms with Crippen molar-refractivity contribution in [3.05, 3.63) is 40.5 Å². The van der Waals surface area contributed by atoms with E-state index in [1.807, 2.05) is 0 Å². The van der Waals surface area contributed by atoms with Crippen molar-refractivity contribution >= 4 is 0 Å². The standard InChI is InChI=1S/C5H8N4O13/c10-3-1-2-5(21-8(15)16,22-9(17)18)4(19-6(11)12)20-7(13)14/h4,10H,1-3H2. The molecule has 0 aromatic heterocycles. The summed E-state index contributed by atoms with van der Waals surface area (Å²) in [6.45, 7) is -0.715. The van der Waals surface area contributed by atoms with Crippen LogP contribution in [0.5, 0.6) is 0 Å². The van der Waals surface area contributed by atoms with Gasteiger partial charge in [-0.3, -0.25) is 19.4 Å². The maximum atomic E-state index is 10.4. The highest BCUT2D eigenvalue weighted by molar-refractivity contribution is 4.71. The number of nitrogens with zero attached hydrogens (tertiary/aromatic N) is 4. The molecule has 0 aromatic carbocycles. The Morgan fingerprint density at radius 3 is 1.55 bits per heavy atom. The molecule has 0 radical (unpaired) electrons. The topological polar surface area (TPSA) is 230 Å². The summed E-state index contributed by atoms with van der Waals surface area (Å²) in [4.78, 5) is 56.2. The van der Waals surface area contributed by atoms with Crippen LogP contribution in [-0.4, -0.2) is 44.1 Å². The van der Waals surface area contributed by atoms with Gasteiger partial charge in [-0.2, -0.15) is 0 Å². The zero-order chi connectivity index (χ0) is 17.3. The van der Waals surface area contributed by atoms with Gasteiger partial charge >= 0.3 is 12.1 Å². The third-order valence-corrected chi connectivity index (χ3v) is 1.86. The molecule has 0 atom stereocenters. The van der Waals surface area contributed by atoms with Crippen LogP contribution in [0.25, 0.3) is 0 Å². The van der Waals surface area contributed by atoms with E-state index >= 15 is 0 Å². The summed E-state index contributed by atoms with van der Waals surface area (Å²) in [5.41, 5.74) is 0. The van der Waals surface area contributed by atoms with Crippen LogP contribution >= 0.6 is 0 Å². The van der Waals surface area contributed by atoms with Crippen LogP contribution in [-0.2, 0) is 19.4 Å². The van der Waals surface area contributed by atoms with Gasteiger partial charge in [0, 0.05) is 13.0 Å². The summed E-state index contributed by atoms with van der Waals surface area (Å²) in [5, 5.41) is 43.3. The minimum Gasteiger partial charge on any atom is -0.396 e. The lowest BCUT2D eigenvalue weighted by atomic mass is 10.1. The van der Waals surface area contributed by atoms with Crippen molar-refractivity contribution < 1.29 is 44.8 Å². The van der Waals surface area contributed by atoms with Crippen molar-refractivity contribution in [1.82, 2.24) is 0 Å². The number of aliphatic hydroxyl groups excluding tert-OH is 1. The fourth-order valence-corrected chi connectivity index (χ4v) is 1.23. The zero-order valence-corrected chi connectivity index (χ0v) is 10.3. The quantitative estimate of drug-likeness (QED) is 0.246. The van der Waals surface area contributed by atoms with Crippen molar-refractivity contribution in [2.45, 2.75) is 24.9 Å². The fraction of sp³-hybridized carbons (Fsp3) is 1.00.